The lowest BCUT2D eigenvalue weighted by Crippen LogP contribution is -2.48. The molecule has 3 fully saturated rings. The molecule has 3 aliphatic rings. The number of halogens is 1. The SMILES string of the molecule is CC(C)(C)OC(=O)N1CC(Oc2nccc3ccc(F)cc23)CC1C(=O)N(C=CC(=O)NS(=O)(=O)C1CC1)C1CC1. The van der Waals surface area contributed by atoms with Crippen LogP contribution in [0, 0.1) is 5.82 Å². The highest BCUT2D eigenvalue weighted by molar-refractivity contribution is 7.91. The second-order valence-corrected chi connectivity index (χ2v) is 13.6. The smallest absolute Gasteiger partial charge is 0.411 e. The number of hydrogen-bond donors (Lipinski definition) is 1. The summed E-state index contributed by atoms with van der Waals surface area (Å²) in [6.07, 6.45) is 4.98. The number of fused-ring (bicyclic) bond motifs is 1. The largest absolute Gasteiger partial charge is 0.472 e. The zero-order chi connectivity index (χ0) is 29.5. The molecule has 0 bridgehead atoms. The first-order chi connectivity index (χ1) is 19.3. The van der Waals surface area contributed by atoms with E-state index in [1.807, 2.05) is 4.72 Å². The number of benzene rings is 1. The summed E-state index contributed by atoms with van der Waals surface area (Å²) >= 11 is 0. The molecule has 1 aromatic carbocycles. The van der Waals surface area contributed by atoms with Gasteiger partial charge >= 0.3 is 6.09 Å². The molecule has 1 saturated heterocycles. The van der Waals surface area contributed by atoms with Crippen LogP contribution in [0.1, 0.15) is 52.9 Å². The lowest BCUT2D eigenvalue weighted by molar-refractivity contribution is -0.133. The van der Waals surface area contributed by atoms with Crippen LogP contribution in [0.3, 0.4) is 0 Å². The molecular formula is C28H33FN4O7S. The molecule has 13 heteroatoms. The number of carbonyl (C=O) groups excluding carboxylic acids is 3. The Labute approximate surface area is 237 Å². The van der Waals surface area contributed by atoms with E-state index in [4.69, 9.17) is 9.47 Å². The van der Waals surface area contributed by atoms with E-state index < -0.39 is 56.7 Å². The van der Waals surface area contributed by atoms with Crippen LogP contribution in [0.2, 0.25) is 0 Å². The highest BCUT2D eigenvalue weighted by Gasteiger charge is 2.46. The summed E-state index contributed by atoms with van der Waals surface area (Å²) in [5.41, 5.74) is -0.820. The van der Waals surface area contributed by atoms with Crippen molar-refractivity contribution in [1.29, 1.82) is 0 Å². The molecule has 2 aromatic rings. The number of amides is 3. The molecule has 3 amide bonds. The number of hydrogen-bond acceptors (Lipinski definition) is 8. The van der Waals surface area contributed by atoms with E-state index >= 15 is 0 Å². The van der Waals surface area contributed by atoms with Crippen LogP contribution in [0.25, 0.3) is 10.8 Å². The molecule has 220 valence electrons. The highest BCUT2D eigenvalue weighted by atomic mass is 32.2. The minimum absolute atomic E-state index is 0.0149. The molecule has 2 heterocycles. The Morgan fingerprint density at radius 1 is 1.15 bits per heavy atom. The lowest BCUT2D eigenvalue weighted by Gasteiger charge is -2.30. The first-order valence-electron chi connectivity index (χ1n) is 13.6. The predicted molar refractivity (Wildman–Crippen MR) is 147 cm³/mol. The molecule has 2 atom stereocenters. The molecule has 2 unspecified atom stereocenters. The van der Waals surface area contributed by atoms with Crippen molar-refractivity contribution in [3.05, 3.63) is 48.6 Å². The van der Waals surface area contributed by atoms with Crippen molar-refractivity contribution in [2.45, 2.75) is 81.9 Å². The summed E-state index contributed by atoms with van der Waals surface area (Å²) in [5.74, 6) is -1.57. The fourth-order valence-electron chi connectivity index (χ4n) is 4.69. The second kappa shape index (κ2) is 10.9. The Kier molecular flexibility index (Phi) is 7.66. The number of nitrogens with one attached hydrogen (secondary N) is 1. The molecule has 1 N–H and O–H groups in total. The zero-order valence-electron chi connectivity index (χ0n) is 23.1. The molecule has 2 saturated carbocycles. The standard InChI is InChI=1S/C28H33FN4O7S/c1-28(2,3)40-27(36)33-16-20(39-25-22-14-18(29)5-4-17(22)10-12-30-25)15-23(33)26(35)32(19-6-7-19)13-11-24(34)31-41(37,38)21-8-9-21/h4-5,10-14,19-21,23H,6-9,15-16H2,1-3H3,(H,31,34). The predicted octanol–water partition coefficient (Wildman–Crippen LogP) is 3.24. The van der Waals surface area contributed by atoms with Gasteiger partial charge in [-0.3, -0.25) is 14.5 Å². The topological polar surface area (TPSA) is 135 Å². The summed E-state index contributed by atoms with van der Waals surface area (Å²) in [6, 6.07) is 4.82. The van der Waals surface area contributed by atoms with Crippen molar-refractivity contribution in [2.75, 3.05) is 6.54 Å². The van der Waals surface area contributed by atoms with Gasteiger partial charge < -0.3 is 14.4 Å². The summed E-state index contributed by atoms with van der Waals surface area (Å²) < 4.78 is 51.9. The van der Waals surface area contributed by atoms with Gasteiger partial charge in [-0.05, 0) is 70.0 Å². The monoisotopic (exact) mass is 588 g/mol. The molecule has 5 rings (SSSR count). The van der Waals surface area contributed by atoms with Crippen molar-refractivity contribution in [3.8, 4) is 5.88 Å². The number of pyridine rings is 1. The van der Waals surface area contributed by atoms with Gasteiger partial charge in [-0.15, -0.1) is 0 Å². The Morgan fingerprint density at radius 3 is 2.54 bits per heavy atom. The maximum atomic E-state index is 14.0. The Morgan fingerprint density at radius 2 is 1.88 bits per heavy atom. The molecular weight excluding hydrogens is 555 g/mol. The van der Waals surface area contributed by atoms with Crippen LogP contribution in [-0.2, 0) is 24.3 Å². The van der Waals surface area contributed by atoms with Crippen LogP contribution >= 0.6 is 0 Å². The third-order valence-electron chi connectivity index (χ3n) is 6.93. The van der Waals surface area contributed by atoms with Gasteiger partial charge in [-0.1, -0.05) is 6.07 Å². The van der Waals surface area contributed by atoms with E-state index in [0.29, 0.717) is 31.1 Å². The number of likely N-dealkylation sites (tertiary alicyclic amines) is 1. The molecule has 0 radical (unpaired) electrons. The van der Waals surface area contributed by atoms with Crippen LogP contribution in [0.5, 0.6) is 5.88 Å². The van der Waals surface area contributed by atoms with Crippen molar-refractivity contribution >= 4 is 38.7 Å². The summed E-state index contributed by atoms with van der Waals surface area (Å²) in [5, 5.41) is 0.616. The Hall–Kier alpha value is -3.74. The molecule has 1 aliphatic heterocycles. The van der Waals surface area contributed by atoms with E-state index in [1.165, 1.54) is 34.3 Å². The minimum atomic E-state index is -3.74. The third kappa shape index (κ3) is 6.95. The molecule has 0 spiro atoms. The van der Waals surface area contributed by atoms with Crippen molar-refractivity contribution in [1.82, 2.24) is 19.5 Å². The molecule has 41 heavy (non-hydrogen) atoms. The lowest BCUT2D eigenvalue weighted by atomic mass is 10.1. The van der Waals surface area contributed by atoms with Gasteiger partial charge in [0.05, 0.1) is 11.8 Å². The van der Waals surface area contributed by atoms with Gasteiger partial charge in [-0.2, -0.15) is 0 Å². The maximum Gasteiger partial charge on any atom is 0.411 e. The summed E-state index contributed by atoms with van der Waals surface area (Å²) in [4.78, 5) is 46.3. The second-order valence-electron chi connectivity index (χ2n) is 11.6. The van der Waals surface area contributed by atoms with Crippen LogP contribution in [0.4, 0.5) is 9.18 Å². The number of rotatable bonds is 8. The fourth-order valence-corrected chi connectivity index (χ4v) is 5.96. The first-order valence-corrected chi connectivity index (χ1v) is 15.1. The van der Waals surface area contributed by atoms with E-state index in [0.717, 1.165) is 11.5 Å². The van der Waals surface area contributed by atoms with E-state index in [2.05, 4.69) is 4.98 Å². The van der Waals surface area contributed by atoms with Crippen LogP contribution in [0.15, 0.2) is 42.7 Å². The number of carbonyl (C=O) groups is 3. The number of ether oxygens (including phenoxy) is 2. The molecule has 2 aliphatic carbocycles. The Bertz CT molecular complexity index is 1500. The average Bonchev–Trinajstić information content (AvgIpc) is 3.80. The molecule has 1 aromatic heterocycles. The van der Waals surface area contributed by atoms with Gasteiger partial charge in [-0.25, -0.2) is 27.3 Å². The number of aromatic nitrogens is 1. The maximum absolute atomic E-state index is 14.0. The van der Waals surface area contributed by atoms with Crippen molar-refractivity contribution in [2.24, 2.45) is 0 Å². The van der Waals surface area contributed by atoms with Gasteiger partial charge in [0.2, 0.25) is 21.8 Å². The first kappa shape index (κ1) is 28.8. The van der Waals surface area contributed by atoms with Gasteiger partial charge in [0.25, 0.3) is 5.91 Å². The Balaban J connectivity index is 1.36. The zero-order valence-corrected chi connectivity index (χ0v) is 23.9. The average molecular weight is 589 g/mol. The summed E-state index contributed by atoms with van der Waals surface area (Å²) in [7, 11) is -3.74. The van der Waals surface area contributed by atoms with Crippen molar-refractivity contribution in [3.63, 3.8) is 0 Å². The third-order valence-corrected chi connectivity index (χ3v) is 8.77. The normalized spacial score (nSPS) is 21.2. The summed E-state index contributed by atoms with van der Waals surface area (Å²) in [6.45, 7) is 5.16. The quantitative estimate of drug-likeness (QED) is 0.465. The van der Waals surface area contributed by atoms with Gasteiger partial charge in [0, 0.05) is 36.3 Å². The van der Waals surface area contributed by atoms with Crippen LogP contribution < -0.4 is 9.46 Å². The van der Waals surface area contributed by atoms with Crippen LogP contribution in [-0.4, -0.2) is 76.7 Å². The fraction of sp³-hybridized carbons (Fsp3) is 0.500. The van der Waals surface area contributed by atoms with Crippen molar-refractivity contribution < 1.29 is 36.7 Å². The van der Waals surface area contributed by atoms with E-state index in [9.17, 15) is 27.2 Å². The number of nitrogens with zero attached hydrogens (tertiary/aromatic N) is 3. The highest BCUT2D eigenvalue weighted by Crippen LogP contribution is 2.33. The van der Waals surface area contributed by atoms with E-state index in [1.54, 1.807) is 32.9 Å². The minimum Gasteiger partial charge on any atom is -0.472 e. The van der Waals surface area contributed by atoms with Gasteiger partial charge in [0.1, 0.15) is 23.6 Å². The van der Waals surface area contributed by atoms with Gasteiger partial charge in [0.15, 0.2) is 0 Å². The number of sulfonamides is 1. The van der Waals surface area contributed by atoms with E-state index in [-0.39, 0.29) is 24.9 Å². The molecule has 11 nitrogen and oxygen atoms in total.